The number of nitrogens with zero attached hydrogens (tertiary/aromatic N) is 1. The number of morpholine rings is 1. The predicted octanol–water partition coefficient (Wildman–Crippen LogP) is 1.15. The van der Waals surface area contributed by atoms with Crippen LogP contribution in [0.4, 0.5) is 0 Å². The number of aliphatic hydroxyl groups is 1. The molecule has 8 heteroatoms. The van der Waals surface area contributed by atoms with Crippen LogP contribution in [0.25, 0.3) is 0 Å². The standard InChI is InChI=1S/C18H28N2O5S/c1-13-5-6-15(17(22)19-14(2)18(3,4)12-21)11-16(13)26(23,24)20-7-9-25-10-8-20/h5-6,11,14,21H,7-10,12H2,1-4H3,(H,19,22). The highest BCUT2D eigenvalue weighted by Gasteiger charge is 2.30. The second-order valence-electron chi connectivity index (χ2n) is 7.34. The van der Waals surface area contributed by atoms with E-state index in [9.17, 15) is 18.3 Å². The first kappa shape index (κ1) is 20.8. The molecule has 26 heavy (non-hydrogen) atoms. The van der Waals surface area contributed by atoms with Crippen LogP contribution >= 0.6 is 0 Å². The van der Waals surface area contributed by atoms with Crippen LogP contribution in [-0.2, 0) is 14.8 Å². The van der Waals surface area contributed by atoms with Crippen molar-refractivity contribution in [2.75, 3.05) is 32.9 Å². The van der Waals surface area contributed by atoms with Crippen molar-refractivity contribution in [1.82, 2.24) is 9.62 Å². The van der Waals surface area contributed by atoms with Gasteiger partial charge in [0.05, 0.1) is 24.7 Å². The van der Waals surface area contributed by atoms with Crippen molar-refractivity contribution in [3.8, 4) is 0 Å². The van der Waals surface area contributed by atoms with Gasteiger partial charge in [-0.25, -0.2) is 8.42 Å². The molecule has 1 aromatic rings. The summed E-state index contributed by atoms with van der Waals surface area (Å²) in [5.74, 6) is -0.363. The summed E-state index contributed by atoms with van der Waals surface area (Å²) in [6, 6.07) is 4.40. The third-order valence-electron chi connectivity index (χ3n) is 4.97. The molecule has 2 N–H and O–H groups in total. The number of rotatable bonds is 6. The molecule has 1 unspecified atom stereocenters. The molecule has 1 aliphatic heterocycles. The van der Waals surface area contributed by atoms with Crippen LogP contribution in [0, 0.1) is 12.3 Å². The van der Waals surface area contributed by atoms with Gasteiger partial charge >= 0.3 is 0 Å². The van der Waals surface area contributed by atoms with Gasteiger partial charge in [0.15, 0.2) is 0 Å². The lowest BCUT2D eigenvalue weighted by atomic mass is 9.86. The zero-order chi connectivity index (χ0) is 19.5. The topological polar surface area (TPSA) is 95.9 Å². The maximum Gasteiger partial charge on any atom is 0.251 e. The van der Waals surface area contributed by atoms with Gasteiger partial charge in [0.25, 0.3) is 5.91 Å². The second-order valence-corrected chi connectivity index (χ2v) is 9.24. The quantitative estimate of drug-likeness (QED) is 0.767. The Morgan fingerprint density at radius 3 is 2.54 bits per heavy atom. The van der Waals surface area contributed by atoms with Gasteiger partial charge in [-0.15, -0.1) is 0 Å². The molecular formula is C18H28N2O5S. The lowest BCUT2D eigenvalue weighted by Gasteiger charge is -2.30. The largest absolute Gasteiger partial charge is 0.396 e. The Hall–Kier alpha value is -1.48. The molecule has 1 amide bonds. The first-order valence-electron chi connectivity index (χ1n) is 8.70. The zero-order valence-electron chi connectivity index (χ0n) is 15.8. The third-order valence-corrected chi connectivity index (χ3v) is 7.01. The molecule has 1 saturated heterocycles. The fourth-order valence-electron chi connectivity index (χ4n) is 2.56. The van der Waals surface area contributed by atoms with Crippen LogP contribution in [0.3, 0.4) is 0 Å². The summed E-state index contributed by atoms with van der Waals surface area (Å²) in [6.45, 7) is 8.50. The maximum atomic E-state index is 12.9. The van der Waals surface area contributed by atoms with Gasteiger partial charge in [-0.05, 0) is 31.5 Å². The van der Waals surface area contributed by atoms with E-state index in [1.807, 2.05) is 20.8 Å². The molecule has 0 spiro atoms. The van der Waals surface area contributed by atoms with Crippen molar-refractivity contribution in [3.63, 3.8) is 0 Å². The van der Waals surface area contributed by atoms with E-state index in [0.717, 1.165) is 0 Å². The zero-order valence-corrected chi connectivity index (χ0v) is 16.6. The van der Waals surface area contributed by atoms with Crippen molar-refractivity contribution in [2.24, 2.45) is 5.41 Å². The van der Waals surface area contributed by atoms with Crippen molar-refractivity contribution in [2.45, 2.75) is 38.6 Å². The fourth-order valence-corrected chi connectivity index (χ4v) is 4.22. The molecule has 1 fully saturated rings. The highest BCUT2D eigenvalue weighted by Crippen LogP contribution is 2.23. The lowest BCUT2D eigenvalue weighted by Crippen LogP contribution is -2.44. The molecule has 1 heterocycles. The predicted molar refractivity (Wildman–Crippen MR) is 98.6 cm³/mol. The molecule has 7 nitrogen and oxygen atoms in total. The normalized spacial score (nSPS) is 17.7. The van der Waals surface area contributed by atoms with Gasteiger partial charge in [0.1, 0.15) is 0 Å². The minimum atomic E-state index is -3.68. The Balaban J connectivity index is 2.28. The van der Waals surface area contributed by atoms with Crippen LogP contribution in [0.15, 0.2) is 23.1 Å². The van der Waals surface area contributed by atoms with Gasteiger partial charge in [0, 0.05) is 30.1 Å². The SMILES string of the molecule is Cc1ccc(C(=O)NC(C)C(C)(C)CO)cc1S(=O)(=O)N1CCOCC1. The number of carbonyl (C=O) groups excluding carboxylic acids is 1. The number of benzene rings is 1. The molecule has 2 rings (SSSR count). The Kier molecular flexibility index (Phi) is 6.44. The number of hydrogen-bond acceptors (Lipinski definition) is 5. The molecule has 0 aromatic heterocycles. The smallest absolute Gasteiger partial charge is 0.251 e. The van der Waals surface area contributed by atoms with E-state index in [1.54, 1.807) is 19.1 Å². The summed E-state index contributed by atoms with van der Waals surface area (Å²) >= 11 is 0. The van der Waals surface area contributed by atoms with E-state index < -0.39 is 15.4 Å². The molecule has 0 radical (unpaired) electrons. The van der Waals surface area contributed by atoms with Gasteiger partial charge in [0.2, 0.25) is 10.0 Å². The lowest BCUT2D eigenvalue weighted by molar-refractivity contribution is 0.0730. The second kappa shape index (κ2) is 8.04. The highest BCUT2D eigenvalue weighted by atomic mass is 32.2. The van der Waals surface area contributed by atoms with E-state index in [2.05, 4.69) is 5.32 Å². The Bertz CT molecular complexity index is 755. The fraction of sp³-hybridized carbons (Fsp3) is 0.611. The third kappa shape index (κ3) is 4.43. The summed E-state index contributed by atoms with van der Waals surface area (Å²) in [5.41, 5.74) is 0.392. The number of hydrogen-bond donors (Lipinski definition) is 2. The van der Waals surface area contributed by atoms with Crippen LogP contribution in [0.5, 0.6) is 0 Å². The van der Waals surface area contributed by atoms with Gasteiger partial charge in [-0.2, -0.15) is 4.31 Å². The maximum absolute atomic E-state index is 12.9. The van der Waals surface area contributed by atoms with Crippen molar-refractivity contribution in [3.05, 3.63) is 29.3 Å². The van der Waals surface area contributed by atoms with Gasteiger partial charge in [-0.3, -0.25) is 4.79 Å². The Labute approximate surface area is 155 Å². The summed E-state index contributed by atoms with van der Waals surface area (Å²) in [7, 11) is -3.68. The molecule has 1 atom stereocenters. The van der Waals surface area contributed by atoms with Crippen molar-refractivity contribution in [1.29, 1.82) is 0 Å². The number of nitrogens with one attached hydrogen (secondary N) is 1. The summed E-state index contributed by atoms with van der Waals surface area (Å²) < 4.78 is 32.4. The molecule has 146 valence electrons. The van der Waals surface area contributed by atoms with Crippen LogP contribution in [0.1, 0.15) is 36.7 Å². The van der Waals surface area contributed by atoms with E-state index in [-0.39, 0.29) is 29.0 Å². The van der Waals surface area contributed by atoms with Crippen LogP contribution < -0.4 is 5.32 Å². The first-order valence-corrected chi connectivity index (χ1v) is 10.1. The van der Waals surface area contributed by atoms with Crippen LogP contribution in [-0.4, -0.2) is 62.7 Å². The molecule has 0 aliphatic carbocycles. The number of aryl methyl sites for hydroxylation is 1. The summed E-state index contributed by atoms with van der Waals surface area (Å²) in [4.78, 5) is 12.7. The minimum Gasteiger partial charge on any atom is -0.396 e. The van der Waals surface area contributed by atoms with E-state index in [0.29, 0.717) is 31.9 Å². The molecule has 0 saturated carbocycles. The van der Waals surface area contributed by atoms with E-state index >= 15 is 0 Å². The van der Waals surface area contributed by atoms with E-state index in [1.165, 1.54) is 10.4 Å². The minimum absolute atomic E-state index is 0.0704. The number of carbonyl (C=O) groups is 1. The molecule has 0 bridgehead atoms. The van der Waals surface area contributed by atoms with Crippen molar-refractivity contribution >= 4 is 15.9 Å². The average Bonchev–Trinajstić information content (AvgIpc) is 2.62. The molecule has 1 aliphatic rings. The molecule has 1 aromatic carbocycles. The average molecular weight is 384 g/mol. The summed E-state index contributed by atoms with van der Waals surface area (Å²) in [6.07, 6.45) is 0. The number of sulfonamides is 1. The van der Waals surface area contributed by atoms with Crippen molar-refractivity contribution < 1.29 is 23.1 Å². The Morgan fingerprint density at radius 1 is 1.35 bits per heavy atom. The number of amides is 1. The van der Waals surface area contributed by atoms with Gasteiger partial charge in [-0.1, -0.05) is 19.9 Å². The van der Waals surface area contributed by atoms with Gasteiger partial charge < -0.3 is 15.2 Å². The molecular weight excluding hydrogens is 356 g/mol. The first-order chi connectivity index (χ1) is 12.1. The number of aliphatic hydroxyl groups excluding tert-OH is 1. The van der Waals surface area contributed by atoms with E-state index in [4.69, 9.17) is 4.74 Å². The number of ether oxygens (including phenoxy) is 1. The monoisotopic (exact) mass is 384 g/mol. The highest BCUT2D eigenvalue weighted by molar-refractivity contribution is 7.89. The van der Waals surface area contributed by atoms with Crippen LogP contribution in [0.2, 0.25) is 0 Å². The Morgan fingerprint density at radius 2 is 1.96 bits per heavy atom. The summed E-state index contributed by atoms with van der Waals surface area (Å²) in [5, 5.41) is 12.3.